The Morgan fingerprint density at radius 2 is 1.49 bits per heavy atom. The first-order chi connectivity index (χ1) is 23.6. The van der Waals surface area contributed by atoms with Gasteiger partial charge in [-0.05, 0) is 38.7 Å². The zero-order chi connectivity index (χ0) is 37.8. The third-order valence-electron chi connectivity index (χ3n) is 10.8. The van der Waals surface area contributed by atoms with E-state index in [2.05, 4.69) is 129 Å². The fraction of sp³-hybridized carbons (Fsp3) is 0.435. The predicted molar refractivity (Wildman–Crippen MR) is 222 cm³/mol. The zero-order valence-corrected chi connectivity index (χ0v) is 38.2. The summed E-state index contributed by atoms with van der Waals surface area (Å²) in [5, 5.41) is 16.1. The summed E-state index contributed by atoms with van der Waals surface area (Å²) in [4.78, 5) is 3.21. The standard InChI is InChI=1S/C22H25.C14H21ClO.C10H12SSi.Zr/c1-5-7-16-14-18-8-6-9-20(21(18)15-16)17-10-12-19(13-11-17)22(2,3)4;1-13(2,3)9-7-8-10(16)11(12(9)15)14(4,5)6;1-6-10-9-7(11-6)4-5-8(9)12(10,2)3;/h6,8-15H,5,7H2,1-4H3;7-8,16H,1-6H3;4-5,9H,1-3H3;/q;;;+1/p-1. The molecule has 0 bridgehead atoms. The van der Waals surface area contributed by atoms with Gasteiger partial charge in [-0.15, -0.1) is 5.75 Å². The molecule has 1 nitrogen and oxygen atoms in total. The summed E-state index contributed by atoms with van der Waals surface area (Å²) in [7, 11) is -1.06. The fourth-order valence-corrected chi connectivity index (χ4v) is 15.6. The van der Waals surface area contributed by atoms with Gasteiger partial charge in [0.2, 0.25) is 0 Å². The van der Waals surface area contributed by atoms with Gasteiger partial charge in [0, 0.05) is 10.9 Å². The van der Waals surface area contributed by atoms with E-state index >= 15 is 0 Å². The molecule has 4 aliphatic rings. The summed E-state index contributed by atoms with van der Waals surface area (Å²) < 4.78 is 0.658. The molecule has 0 radical (unpaired) electrons. The van der Waals surface area contributed by atoms with Crippen LogP contribution in [-0.2, 0) is 41.0 Å². The van der Waals surface area contributed by atoms with E-state index < -0.39 is 8.07 Å². The number of benzene rings is 3. The normalized spacial score (nSPS) is 19.8. The van der Waals surface area contributed by atoms with Crippen LogP contribution in [0.25, 0.3) is 17.2 Å². The van der Waals surface area contributed by atoms with Crippen molar-refractivity contribution in [3.63, 3.8) is 0 Å². The van der Waals surface area contributed by atoms with Crippen molar-refractivity contribution in [1.82, 2.24) is 0 Å². The Hall–Kier alpha value is -1.84. The molecule has 1 fully saturated rings. The maximum absolute atomic E-state index is 11.9. The number of thioether (sulfide) groups is 1. The number of fused-ring (bicyclic) bond motifs is 1. The second kappa shape index (κ2) is 14.8. The molecule has 2 aliphatic heterocycles. The number of allylic oxidation sites excluding steroid dienone is 7. The van der Waals surface area contributed by atoms with Gasteiger partial charge in [-0.2, -0.15) is 0 Å². The number of halogens is 1. The van der Waals surface area contributed by atoms with Gasteiger partial charge < -0.3 is 5.11 Å². The molecule has 0 aromatic heterocycles. The first kappa shape index (κ1) is 40.3. The van der Waals surface area contributed by atoms with E-state index in [1.807, 2.05) is 43.8 Å². The molecule has 2 unspecified atom stereocenters. The monoisotopic (exact) mass is 810 g/mol. The maximum atomic E-state index is 11.9. The van der Waals surface area contributed by atoms with Crippen molar-refractivity contribution in [3.05, 3.63) is 125 Å². The number of rotatable bonds is 3. The predicted octanol–water partition coefficient (Wildman–Crippen LogP) is 13.7. The van der Waals surface area contributed by atoms with Crippen LogP contribution >= 0.6 is 23.4 Å². The Morgan fingerprint density at radius 1 is 0.843 bits per heavy atom. The van der Waals surface area contributed by atoms with E-state index in [1.54, 1.807) is 51.4 Å². The average Bonchev–Trinajstić information content (AvgIpc) is 3.64. The van der Waals surface area contributed by atoms with Gasteiger partial charge in [0.05, 0.1) is 0 Å². The van der Waals surface area contributed by atoms with Crippen LogP contribution in [0.15, 0.2) is 92.5 Å². The van der Waals surface area contributed by atoms with Crippen molar-refractivity contribution in [1.29, 1.82) is 0 Å². The third kappa shape index (κ3) is 8.01. The number of hydrogen-bond donors (Lipinski definition) is 0. The quantitative estimate of drug-likeness (QED) is 0.246. The van der Waals surface area contributed by atoms with E-state index in [0.29, 0.717) is 8.65 Å². The molecule has 2 heterocycles. The molecule has 7 rings (SSSR count). The summed E-state index contributed by atoms with van der Waals surface area (Å²) in [5.41, 5.74) is 10.5. The summed E-state index contributed by atoms with van der Waals surface area (Å²) in [6.07, 6.45) is 9.65. The molecular formula is C46H57ClOSSiZr. The van der Waals surface area contributed by atoms with Crippen LogP contribution < -0.4 is 5.11 Å². The minimum atomic E-state index is -1.06. The van der Waals surface area contributed by atoms with Crippen LogP contribution in [0, 0.1) is 5.92 Å². The second-order valence-electron chi connectivity index (χ2n) is 18.2. The van der Waals surface area contributed by atoms with Crippen LogP contribution in [0.4, 0.5) is 0 Å². The van der Waals surface area contributed by atoms with E-state index in [9.17, 15) is 5.11 Å². The minimum absolute atomic E-state index is 0.0329. The molecule has 2 atom stereocenters. The van der Waals surface area contributed by atoms with Crippen molar-refractivity contribution in [2.75, 3.05) is 0 Å². The Balaban J connectivity index is 0.000000157. The Kier molecular flexibility index (Phi) is 11.7. The van der Waals surface area contributed by atoms with Gasteiger partial charge in [-0.25, -0.2) is 0 Å². The molecule has 3 aromatic rings. The van der Waals surface area contributed by atoms with Crippen LogP contribution in [0.3, 0.4) is 0 Å². The molecule has 0 amide bonds. The average molecular weight is 813 g/mol. The Labute approximate surface area is 335 Å². The Bertz CT molecular complexity index is 1940. The zero-order valence-electron chi connectivity index (χ0n) is 33.2. The van der Waals surface area contributed by atoms with E-state index in [-0.39, 0.29) is 22.0 Å². The first-order valence-corrected chi connectivity index (χ1v) is 24.2. The van der Waals surface area contributed by atoms with Gasteiger partial charge in [0.15, 0.2) is 0 Å². The molecule has 0 N–H and O–H groups in total. The molecule has 2 aliphatic carbocycles. The van der Waals surface area contributed by atoms with Crippen LogP contribution in [0.2, 0.25) is 18.1 Å². The molecular weight excluding hydrogens is 755 g/mol. The fourth-order valence-electron chi connectivity index (χ4n) is 8.00. The van der Waals surface area contributed by atoms with Gasteiger partial charge in [-0.3, -0.25) is 0 Å². The molecule has 5 heteroatoms. The van der Waals surface area contributed by atoms with Crippen molar-refractivity contribution in [2.45, 2.75) is 122 Å². The van der Waals surface area contributed by atoms with E-state index in [1.165, 1.54) is 40.7 Å². The molecule has 0 spiro atoms. The summed E-state index contributed by atoms with van der Waals surface area (Å²) >= 11 is 10.0. The molecule has 51 heavy (non-hydrogen) atoms. The van der Waals surface area contributed by atoms with Crippen LogP contribution in [-0.4, -0.2) is 8.07 Å². The van der Waals surface area contributed by atoms with E-state index in [0.717, 1.165) is 17.0 Å². The number of hydrogen-bond acceptors (Lipinski definition) is 2. The Morgan fingerprint density at radius 3 is 2.06 bits per heavy atom. The summed E-state index contributed by atoms with van der Waals surface area (Å²) in [6.45, 7) is 28.7. The third-order valence-corrected chi connectivity index (χ3v) is 18.1. The summed E-state index contributed by atoms with van der Waals surface area (Å²) in [6, 6.07) is 19.5. The van der Waals surface area contributed by atoms with Gasteiger partial charge in [-0.1, -0.05) is 113 Å². The molecule has 3 aromatic carbocycles. The first-order valence-electron chi connectivity index (χ1n) is 18.6. The van der Waals surface area contributed by atoms with Crippen molar-refractivity contribution >= 4 is 37.5 Å². The molecule has 1 saturated heterocycles. The van der Waals surface area contributed by atoms with Gasteiger partial charge in [0.25, 0.3) is 0 Å². The molecule has 0 saturated carbocycles. The van der Waals surface area contributed by atoms with Crippen molar-refractivity contribution in [2.24, 2.45) is 5.92 Å². The van der Waals surface area contributed by atoms with Crippen molar-refractivity contribution in [3.8, 4) is 16.9 Å². The van der Waals surface area contributed by atoms with Crippen LogP contribution in [0.1, 0.15) is 120 Å². The summed E-state index contributed by atoms with van der Waals surface area (Å²) in [5.74, 6) is 0.821. The van der Waals surface area contributed by atoms with Gasteiger partial charge >= 0.3 is 156 Å². The topological polar surface area (TPSA) is 23.1 Å². The SMILES string of the molecule is CC(C)(C)c1ccc([O-])c(C(C)(C)C)c1Cl.CC1=C2C3C(=CC=C3[Si]2(C)C)S1.CCCC1=Cc2c(-c3ccc(C(C)(C)C)cc3)cccc2[CH]1[Zr+]. The van der Waals surface area contributed by atoms with E-state index in [4.69, 9.17) is 11.6 Å². The van der Waals surface area contributed by atoms with Crippen molar-refractivity contribution < 1.29 is 29.8 Å². The van der Waals surface area contributed by atoms with Gasteiger partial charge in [0.1, 0.15) is 8.07 Å². The molecule has 268 valence electrons. The second-order valence-corrected chi connectivity index (χ2v) is 25.6. The van der Waals surface area contributed by atoms with Crippen LogP contribution in [0.5, 0.6) is 5.75 Å².